The molecule has 1 aromatic heterocycles. The van der Waals surface area contributed by atoms with Crippen LogP contribution >= 0.6 is 15.9 Å². The van der Waals surface area contributed by atoms with Crippen molar-refractivity contribution in [2.45, 2.75) is 31.8 Å². The smallest absolute Gasteiger partial charge is 0.150 e. The zero-order chi connectivity index (χ0) is 15.0. The third-order valence-corrected chi connectivity index (χ3v) is 6.17. The van der Waals surface area contributed by atoms with Gasteiger partial charge in [0.15, 0.2) is 0 Å². The number of furan rings is 1. The van der Waals surface area contributed by atoms with Crippen LogP contribution in [0.5, 0.6) is 0 Å². The van der Waals surface area contributed by atoms with Crippen LogP contribution in [0.1, 0.15) is 31.6 Å². The van der Waals surface area contributed by atoms with Gasteiger partial charge in [0.05, 0.1) is 17.5 Å². The van der Waals surface area contributed by atoms with E-state index in [4.69, 9.17) is 4.42 Å². The summed E-state index contributed by atoms with van der Waals surface area (Å²) in [5, 5.41) is 4.55. The van der Waals surface area contributed by atoms with Crippen LogP contribution in [0.4, 0.5) is 0 Å². The Hall–Kier alpha value is -0.850. The molecule has 4 nitrogen and oxygen atoms in total. The molecule has 2 aromatic rings. The lowest BCUT2D eigenvalue weighted by atomic mass is 10.1. The minimum atomic E-state index is -2.81. The van der Waals surface area contributed by atoms with E-state index in [1.165, 1.54) is 0 Å². The molecule has 0 radical (unpaired) electrons. The number of nitrogens with one attached hydrogen (secondary N) is 1. The first-order chi connectivity index (χ1) is 9.93. The maximum Gasteiger partial charge on any atom is 0.150 e. The molecule has 1 aromatic carbocycles. The monoisotopic (exact) mass is 371 g/mol. The number of rotatable bonds is 3. The Morgan fingerprint density at radius 2 is 2.00 bits per heavy atom. The van der Waals surface area contributed by atoms with E-state index in [1.54, 1.807) is 0 Å². The van der Waals surface area contributed by atoms with Gasteiger partial charge in [-0.05, 0) is 44.0 Å². The lowest BCUT2D eigenvalue weighted by Crippen LogP contribution is -2.38. The van der Waals surface area contributed by atoms with Gasteiger partial charge in [-0.1, -0.05) is 15.9 Å². The second-order valence-corrected chi connectivity index (χ2v) is 8.86. The van der Waals surface area contributed by atoms with Crippen molar-refractivity contribution in [1.82, 2.24) is 5.32 Å². The minimum absolute atomic E-state index is 0.0713. The number of sulfone groups is 1. The predicted molar refractivity (Wildman–Crippen MR) is 87.1 cm³/mol. The van der Waals surface area contributed by atoms with Crippen LogP contribution in [0.15, 0.2) is 33.2 Å². The van der Waals surface area contributed by atoms with Crippen molar-refractivity contribution >= 4 is 36.7 Å². The highest BCUT2D eigenvalue weighted by Crippen LogP contribution is 2.27. The van der Waals surface area contributed by atoms with E-state index in [1.807, 2.05) is 24.3 Å². The van der Waals surface area contributed by atoms with E-state index in [2.05, 4.69) is 28.2 Å². The van der Waals surface area contributed by atoms with Crippen molar-refractivity contribution in [3.05, 3.63) is 34.5 Å². The molecule has 6 heteroatoms. The van der Waals surface area contributed by atoms with Gasteiger partial charge in [0.1, 0.15) is 21.2 Å². The molecule has 1 atom stereocenters. The fraction of sp³-hybridized carbons (Fsp3) is 0.467. The Morgan fingerprint density at radius 3 is 2.71 bits per heavy atom. The topological polar surface area (TPSA) is 59.3 Å². The minimum Gasteiger partial charge on any atom is -0.459 e. The second-order valence-electron chi connectivity index (χ2n) is 5.65. The Bertz CT molecular complexity index is 739. The average molecular weight is 372 g/mol. The lowest BCUT2D eigenvalue weighted by Gasteiger charge is -2.25. The highest BCUT2D eigenvalue weighted by molar-refractivity contribution is 9.10. The van der Waals surface area contributed by atoms with Crippen molar-refractivity contribution in [1.29, 1.82) is 0 Å². The van der Waals surface area contributed by atoms with Crippen molar-refractivity contribution < 1.29 is 12.8 Å². The molecule has 1 fully saturated rings. The third-order valence-electron chi connectivity index (χ3n) is 3.96. The SMILES string of the molecule is CC(NC1CCS(=O)(=O)CC1)c1cc2cc(Br)ccc2o1. The van der Waals surface area contributed by atoms with Crippen LogP contribution < -0.4 is 5.32 Å². The van der Waals surface area contributed by atoms with Crippen LogP contribution in [0.3, 0.4) is 0 Å². The van der Waals surface area contributed by atoms with Gasteiger partial charge in [-0.15, -0.1) is 0 Å². The highest BCUT2D eigenvalue weighted by atomic mass is 79.9. The van der Waals surface area contributed by atoms with E-state index in [0.29, 0.717) is 12.8 Å². The molecule has 21 heavy (non-hydrogen) atoms. The lowest BCUT2D eigenvalue weighted by molar-refractivity contribution is 0.379. The van der Waals surface area contributed by atoms with Gasteiger partial charge in [-0.25, -0.2) is 8.42 Å². The molecule has 1 N–H and O–H groups in total. The van der Waals surface area contributed by atoms with Gasteiger partial charge in [-0.3, -0.25) is 0 Å². The summed E-state index contributed by atoms with van der Waals surface area (Å²) in [6, 6.07) is 8.28. The van der Waals surface area contributed by atoms with Crippen LogP contribution in [0.25, 0.3) is 11.0 Å². The summed E-state index contributed by atoms with van der Waals surface area (Å²) in [6.07, 6.45) is 1.36. The second kappa shape index (κ2) is 5.74. The summed E-state index contributed by atoms with van der Waals surface area (Å²) in [6.45, 7) is 2.05. The van der Waals surface area contributed by atoms with Gasteiger partial charge in [0.2, 0.25) is 0 Å². The van der Waals surface area contributed by atoms with Crippen molar-refractivity contribution in [2.24, 2.45) is 0 Å². The molecule has 114 valence electrons. The van der Waals surface area contributed by atoms with Crippen LogP contribution in [-0.4, -0.2) is 26.0 Å². The van der Waals surface area contributed by atoms with Crippen molar-refractivity contribution in [2.75, 3.05) is 11.5 Å². The Morgan fingerprint density at radius 1 is 1.29 bits per heavy atom. The molecule has 0 amide bonds. The standard InChI is InChI=1S/C15H18BrNO3S/c1-10(17-13-4-6-21(18,19)7-5-13)15-9-11-8-12(16)2-3-14(11)20-15/h2-3,8-10,13,17H,4-7H2,1H3. The number of hydrogen-bond donors (Lipinski definition) is 1. The summed E-state index contributed by atoms with van der Waals surface area (Å²) in [5.41, 5.74) is 0.869. The maximum absolute atomic E-state index is 11.5. The van der Waals surface area contributed by atoms with Crippen LogP contribution in [0.2, 0.25) is 0 Å². The first-order valence-corrected chi connectivity index (χ1v) is 9.70. The first-order valence-electron chi connectivity index (χ1n) is 7.08. The molecular weight excluding hydrogens is 354 g/mol. The Kier molecular flexibility index (Phi) is 4.12. The maximum atomic E-state index is 11.5. The molecule has 0 saturated carbocycles. The molecule has 0 aliphatic carbocycles. The third kappa shape index (κ3) is 3.49. The zero-order valence-corrected chi connectivity index (χ0v) is 14.2. The number of hydrogen-bond acceptors (Lipinski definition) is 4. The summed E-state index contributed by atoms with van der Waals surface area (Å²) >= 11 is 3.45. The van der Waals surface area contributed by atoms with Gasteiger partial charge >= 0.3 is 0 Å². The summed E-state index contributed by atoms with van der Waals surface area (Å²) < 4.78 is 29.8. The van der Waals surface area contributed by atoms with E-state index < -0.39 is 9.84 Å². The highest BCUT2D eigenvalue weighted by Gasteiger charge is 2.25. The number of fused-ring (bicyclic) bond motifs is 1. The molecular formula is C15H18BrNO3S. The largest absolute Gasteiger partial charge is 0.459 e. The van der Waals surface area contributed by atoms with Crippen LogP contribution in [0, 0.1) is 0 Å². The Balaban J connectivity index is 1.71. The first kappa shape index (κ1) is 15.1. The molecule has 0 spiro atoms. The summed E-state index contributed by atoms with van der Waals surface area (Å²) in [4.78, 5) is 0. The molecule has 1 aliphatic rings. The quantitative estimate of drug-likeness (QED) is 0.897. The van der Waals surface area contributed by atoms with Gasteiger partial charge in [-0.2, -0.15) is 0 Å². The van der Waals surface area contributed by atoms with Gasteiger partial charge in [0, 0.05) is 15.9 Å². The van der Waals surface area contributed by atoms with E-state index in [-0.39, 0.29) is 23.6 Å². The fourth-order valence-electron chi connectivity index (χ4n) is 2.74. The molecule has 3 rings (SSSR count). The molecule has 1 aliphatic heterocycles. The van der Waals surface area contributed by atoms with Gasteiger partial charge < -0.3 is 9.73 Å². The number of benzene rings is 1. The predicted octanol–water partition coefficient (Wildman–Crippen LogP) is 3.42. The summed E-state index contributed by atoms with van der Waals surface area (Å²) in [7, 11) is -2.81. The fourth-order valence-corrected chi connectivity index (χ4v) is 4.61. The molecule has 0 bridgehead atoms. The van der Waals surface area contributed by atoms with E-state index in [9.17, 15) is 8.42 Å². The normalized spacial score (nSPS) is 20.7. The average Bonchev–Trinajstić information content (AvgIpc) is 2.84. The van der Waals surface area contributed by atoms with E-state index in [0.717, 1.165) is 21.2 Å². The van der Waals surface area contributed by atoms with Gasteiger partial charge in [0.25, 0.3) is 0 Å². The van der Waals surface area contributed by atoms with Crippen LogP contribution in [-0.2, 0) is 9.84 Å². The van der Waals surface area contributed by atoms with Crippen molar-refractivity contribution in [3.63, 3.8) is 0 Å². The zero-order valence-electron chi connectivity index (χ0n) is 11.8. The van der Waals surface area contributed by atoms with E-state index >= 15 is 0 Å². The molecule has 2 heterocycles. The molecule has 1 unspecified atom stereocenters. The molecule has 1 saturated heterocycles. The Labute approximate surface area is 132 Å². The van der Waals surface area contributed by atoms with Crippen molar-refractivity contribution in [3.8, 4) is 0 Å². The summed E-state index contributed by atoms with van der Waals surface area (Å²) in [5.74, 6) is 1.45. The number of halogens is 1.